The molecule has 1 aromatic rings. The maximum Gasteiger partial charge on any atom is 0.199 e. The van der Waals surface area contributed by atoms with Gasteiger partial charge in [-0.05, 0) is 6.42 Å². The van der Waals surface area contributed by atoms with Crippen LogP contribution in [0.4, 0.5) is 0 Å². The third-order valence-electron chi connectivity index (χ3n) is 2.33. The fraction of sp³-hybridized carbons (Fsp3) is 0.667. The molecule has 4 nitrogen and oxygen atoms in total. The minimum atomic E-state index is 0.117. The van der Waals surface area contributed by atoms with Crippen molar-refractivity contribution in [3.05, 3.63) is 18.2 Å². The predicted molar refractivity (Wildman–Crippen MR) is 64.6 cm³/mol. The lowest BCUT2D eigenvalue weighted by Crippen LogP contribution is -2.26. The number of aryl methyl sites for hydroxylation is 1. The van der Waals surface area contributed by atoms with Crippen LogP contribution in [0.1, 0.15) is 44.2 Å². The number of carbonyl (C=O) groups is 1. The molecular weight excluding hydrogens is 202 g/mol. The molecule has 0 unspecified atom stereocenters. The largest absolute Gasteiger partial charge is 0.329 e. The van der Waals surface area contributed by atoms with E-state index in [0.717, 1.165) is 19.5 Å². The molecular formula is C12H21N3O. The van der Waals surface area contributed by atoms with Gasteiger partial charge >= 0.3 is 0 Å². The van der Waals surface area contributed by atoms with Gasteiger partial charge in [0, 0.05) is 37.9 Å². The molecule has 1 heterocycles. The average Bonchev–Trinajstić information content (AvgIpc) is 2.66. The Balaban J connectivity index is 2.49. The van der Waals surface area contributed by atoms with Gasteiger partial charge in [-0.25, -0.2) is 4.98 Å². The third-order valence-corrected chi connectivity index (χ3v) is 2.33. The summed E-state index contributed by atoms with van der Waals surface area (Å²) in [5.74, 6) is 0.707. The van der Waals surface area contributed by atoms with Crippen LogP contribution in [0.5, 0.6) is 0 Å². The van der Waals surface area contributed by atoms with Crippen molar-refractivity contribution in [1.29, 1.82) is 0 Å². The number of aromatic nitrogens is 2. The minimum Gasteiger partial charge on any atom is -0.329 e. The summed E-state index contributed by atoms with van der Waals surface area (Å²) in [4.78, 5) is 16.0. The Morgan fingerprint density at radius 2 is 2.31 bits per heavy atom. The van der Waals surface area contributed by atoms with Crippen molar-refractivity contribution in [3.63, 3.8) is 0 Å². The molecule has 1 N–H and O–H groups in total. The molecule has 4 heteroatoms. The first-order valence-electron chi connectivity index (χ1n) is 5.92. The molecule has 0 aliphatic carbocycles. The van der Waals surface area contributed by atoms with Crippen LogP contribution in [0.3, 0.4) is 0 Å². The third kappa shape index (κ3) is 3.77. The van der Waals surface area contributed by atoms with Gasteiger partial charge in [0.2, 0.25) is 0 Å². The van der Waals surface area contributed by atoms with E-state index < -0.39 is 0 Å². The molecule has 0 saturated heterocycles. The smallest absolute Gasteiger partial charge is 0.199 e. The summed E-state index contributed by atoms with van der Waals surface area (Å²) in [6.45, 7) is 7.81. The summed E-state index contributed by atoms with van der Waals surface area (Å²) in [5, 5.41) is 3.23. The van der Waals surface area contributed by atoms with E-state index in [4.69, 9.17) is 0 Å². The highest BCUT2D eigenvalue weighted by Crippen LogP contribution is 2.02. The molecule has 1 aromatic heterocycles. The molecule has 0 amide bonds. The van der Waals surface area contributed by atoms with Gasteiger partial charge in [0.15, 0.2) is 11.6 Å². The summed E-state index contributed by atoms with van der Waals surface area (Å²) in [5.41, 5.74) is 0. The SMILES string of the molecule is CCCn1ccnc1C(=O)CCNC(C)C. The summed E-state index contributed by atoms with van der Waals surface area (Å²) in [6.07, 6.45) is 5.09. The summed E-state index contributed by atoms with van der Waals surface area (Å²) < 4.78 is 1.93. The molecule has 0 fully saturated rings. The Kier molecular flexibility index (Phi) is 5.19. The van der Waals surface area contributed by atoms with E-state index in [9.17, 15) is 4.79 Å². The molecule has 0 aliphatic rings. The zero-order chi connectivity index (χ0) is 12.0. The molecule has 0 saturated carbocycles. The van der Waals surface area contributed by atoms with E-state index in [2.05, 4.69) is 31.1 Å². The number of hydrogen-bond donors (Lipinski definition) is 1. The van der Waals surface area contributed by atoms with Crippen molar-refractivity contribution in [1.82, 2.24) is 14.9 Å². The first-order chi connectivity index (χ1) is 7.65. The lowest BCUT2D eigenvalue weighted by atomic mass is 10.2. The van der Waals surface area contributed by atoms with Crippen molar-refractivity contribution < 1.29 is 4.79 Å². The van der Waals surface area contributed by atoms with E-state index in [-0.39, 0.29) is 5.78 Å². The van der Waals surface area contributed by atoms with Gasteiger partial charge in [-0.3, -0.25) is 4.79 Å². The topological polar surface area (TPSA) is 46.9 Å². The van der Waals surface area contributed by atoms with Gasteiger partial charge in [0.25, 0.3) is 0 Å². The van der Waals surface area contributed by atoms with Crippen molar-refractivity contribution in [2.75, 3.05) is 6.54 Å². The number of hydrogen-bond acceptors (Lipinski definition) is 3. The maximum absolute atomic E-state index is 11.9. The number of carbonyl (C=O) groups excluding carboxylic acids is 1. The highest BCUT2D eigenvalue weighted by Gasteiger charge is 2.11. The number of Topliss-reactive ketones (excluding diaryl/α,β-unsaturated/α-hetero) is 1. The maximum atomic E-state index is 11.9. The molecule has 90 valence electrons. The van der Waals surface area contributed by atoms with E-state index in [1.54, 1.807) is 6.20 Å². The second-order valence-electron chi connectivity index (χ2n) is 4.23. The normalized spacial score (nSPS) is 11.0. The number of nitrogens with one attached hydrogen (secondary N) is 1. The van der Waals surface area contributed by atoms with Crippen LogP contribution in [0.25, 0.3) is 0 Å². The quantitative estimate of drug-likeness (QED) is 0.718. The fourth-order valence-corrected chi connectivity index (χ4v) is 1.57. The second-order valence-corrected chi connectivity index (χ2v) is 4.23. The predicted octanol–water partition coefficient (Wildman–Crippen LogP) is 1.86. The lowest BCUT2D eigenvalue weighted by Gasteiger charge is -2.08. The van der Waals surface area contributed by atoms with Crippen LogP contribution < -0.4 is 5.32 Å². The molecule has 0 radical (unpaired) electrons. The zero-order valence-electron chi connectivity index (χ0n) is 10.4. The number of rotatable bonds is 7. The summed E-state index contributed by atoms with van der Waals surface area (Å²) >= 11 is 0. The first-order valence-corrected chi connectivity index (χ1v) is 5.92. The summed E-state index contributed by atoms with van der Waals surface area (Å²) in [6, 6.07) is 0.420. The van der Waals surface area contributed by atoms with Crippen molar-refractivity contribution >= 4 is 5.78 Å². The lowest BCUT2D eigenvalue weighted by molar-refractivity contribution is 0.0967. The van der Waals surface area contributed by atoms with Crippen LogP contribution >= 0.6 is 0 Å². The zero-order valence-corrected chi connectivity index (χ0v) is 10.4. The van der Waals surface area contributed by atoms with Gasteiger partial charge in [-0.1, -0.05) is 20.8 Å². The molecule has 0 aromatic carbocycles. The van der Waals surface area contributed by atoms with Crippen LogP contribution in [0.2, 0.25) is 0 Å². The second kappa shape index (κ2) is 6.43. The summed E-state index contributed by atoms with van der Waals surface area (Å²) in [7, 11) is 0. The highest BCUT2D eigenvalue weighted by molar-refractivity contribution is 5.92. The minimum absolute atomic E-state index is 0.117. The van der Waals surface area contributed by atoms with Crippen LogP contribution in [0, 0.1) is 0 Å². The van der Waals surface area contributed by atoms with Gasteiger partial charge in [0.1, 0.15) is 0 Å². The molecule has 0 aliphatic heterocycles. The highest BCUT2D eigenvalue weighted by atomic mass is 16.1. The molecule has 0 spiro atoms. The van der Waals surface area contributed by atoms with E-state index in [1.165, 1.54) is 0 Å². The van der Waals surface area contributed by atoms with Crippen LogP contribution in [-0.2, 0) is 6.54 Å². The fourth-order valence-electron chi connectivity index (χ4n) is 1.57. The van der Waals surface area contributed by atoms with Crippen LogP contribution in [0.15, 0.2) is 12.4 Å². The van der Waals surface area contributed by atoms with Gasteiger partial charge < -0.3 is 9.88 Å². The van der Waals surface area contributed by atoms with Crippen molar-refractivity contribution in [3.8, 4) is 0 Å². The number of nitrogens with zero attached hydrogens (tertiary/aromatic N) is 2. The molecule has 0 bridgehead atoms. The number of imidazole rings is 1. The number of ketones is 1. The molecule has 0 atom stereocenters. The van der Waals surface area contributed by atoms with E-state index >= 15 is 0 Å². The van der Waals surface area contributed by atoms with Gasteiger partial charge in [0.05, 0.1) is 0 Å². The first kappa shape index (κ1) is 12.9. The van der Waals surface area contributed by atoms with Gasteiger partial charge in [-0.15, -0.1) is 0 Å². The van der Waals surface area contributed by atoms with Crippen LogP contribution in [-0.4, -0.2) is 27.9 Å². The monoisotopic (exact) mass is 223 g/mol. The average molecular weight is 223 g/mol. The van der Waals surface area contributed by atoms with Gasteiger partial charge in [-0.2, -0.15) is 0 Å². The van der Waals surface area contributed by atoms with E-state index in [0.29, 0.717) is 18.3 Å². The Morgan fingerprint density at radius 3 is 2.94 bits per heavy atom. The Labute approximate surface area is 97.1 Å². The standard InChI is InChI=1S/C12H21N3O/c1-4-8-15-9-7-14-12(15)11(16)5-6-13-10(2)3/h7,9-10,13H,4-6,8H2,1-3H3. The Bertz CT molecular complexity index is 331. The molecule has 16 heavy (non-hydrogen) atoms. The Hall–Kier alpha value is -1.16. The molecule has 1 rings (SSSR count). The van der Waals surface area contributed by atoms with Crippen molar-refractivity contribution in [2.24, 2.45) is 0 Å². The van der Waals surface area contributed by atoms with E-state index in [1.807, 2.05) is 10.8 Å². The Morgan fingerprint density at radius 1 is 1.56 bits per heavy atom. The van der Waals surface area contributed by atoms with Crippen molar-refractivity contribution in [2.45, 2.75) is 46.2 Å².